The van der Waals surface area contributed by atoms with E-state index in [1.165, 1.54) is 4.88 Å². The second-order valence-electron chi connectivity index (χ2n) is 7.81. The molecule has 2 aromatic heterocycles. The van der Waals surface area contributed by atoms with E-state index in [9.17, 15) is 4.79 Å². The van der Waals surface area contributed by atoms with Crippen molar-refractivity contribution in [3.63, 3.8) is 0 Å². The normalized spacial score (nSPS) is 11.2. The summed E-state index contributed by atoms with van der Waals surface area (Å²) in [5, 5.41) is 9.82. The molecule has 0 saturated heterocycles. The fourth-order valence-corrected chi connectivity index (χ4v) is 4.17. The number of hydrogen-bond acceptors (Lipinski definition) is 5. The lowest BCUT2D eigenvalue weighted by Crippen LogP contribution is -2.10. The predicted molar refractivity (Wildman–Crippen MR) is 135 cm³/mol. The largest absolute Gasteiger partial charge is 0.489 e. The molecule has 0 radical (unpaired) electrons. The highest BCUT2D eigenvalue weighted by molar-refractivity contribution is 7.12. The third-order valence-corrected chi connectivity index (χ3v) is 5.96. The molecule has 4 rings (SSSR count). The fourth-order valence-electron chi connectivity index (χ4n) is 3.45. The molecule has 0 amide bonds. The van der Waals surface area contributed by atoms with Gasteiger partial charge in [-0.15, -0.1) is 11.3 Å². The zero-order chi connectivity index (χ0) is 24.1. The summed E-state index contributed by atoms with van der Waals surface area (Å²) in [6.07, 6.45) is 1.96. The lowest BCUT2D eigenvalue weighted by atomic mass is 10.0. The number of carbonyl (C=O) groups is 1. The monoisotopic (exact) mass is 472 g/mol. The zero-order valence-electron chi connectivity index (χ0n) is 19.2. The Balaban J connectivity index is 1.56. The molecule has 2 heterocycles. The first kappa shape index (κ1) is 23.2. The molecule has 34 heavy (non-hydrogen) atoms. The highest BCUT2D eigenvalue weighted by Crippen LogP contribution is 2.26. The molecular formula is C28H24O5S. The Morgan fingerprint density at radius 1 is 1.06 bits per heavy atom. The van der Waals surface area contributed by atoms with E-state index in [4.69, 9.17) is 19.0 Å². The second kappa shape index (κ2) is 10.3. The van der Waals surface area contributed by atoms with Crippen molar-refractivity contribution >= 4 is 33.8 Å². The average Bonchev–Trinajstić information content (AvgIpc) is 3.38. The van der Waals surface area contributed by atoms with Gasteiger partial charge in [-0.2, -0.15) is 0 Å². The maximum Gasteiger partial charge on any atom is 0.341 e. The average molecular weight is 473 g/mol. The van der Waals surface area contributed by atoms with Gasteiger partial charge in [-0.3, -0.25) is 0 Å². The van der Waals surface area contributed by atoms with Crippen LogP contribution in [0.1, 0.15) is 26.6 Å². The summed E-state index contributed by atoms with van der Waals surface area (Å²) in [5.41, 5.74) is 3.51. The number of rotatable bonds is 7. The van der Waals surface area contributed by atoms with Gasteiger partial charge in [-0.1, -0.05) is 11.8 Å². The summed E-state index contributed by atoms with van der Waals surface area (Å²) >= 11 is 1.66. The van der Waals surface area contributed by atoms with Gasteiger partial charge in [-0.05, 0) is 92.6 Å². The Bertz CT molecular complexity index is 1430. The Labute approximate surface area is 202 Å². The quantitative estimate of drug-likeness (QED) is 0.315. The SMILES string of the molecule is Cc1cc2cc(C(C#Cc3ccc(C)s3)=CCOc3ccc(OCC(=O)O)c(C)c3)ccc2o1. The van der Waals surface area contributed by atoms with E-state index in [-0.39, 0.29) is 6.61 Å². The van der Waals surface area contributed by atoms with Crippen LogP contribution in [-0.4, -0.2) is 24.3 Å². The summed E-state index contributed by atoms with van der Waals surface area (Å²) in [6, 6.07) is 17.4. The van der Waals surface area contributed by atoms with E-state index in [0.29, 0.717) is 18.1 Å². The molecule has 0 fully saturated rings. The number of ether oxygens (including phenoxy) is 2. The van der Waals surface area contributed by atoms with Crippen molar-refractivity contribution in [1.82, 2.24) is 0 Å². The van der Waals surface area contributed by atoms with Crippen molar-refractivity contribution in [2.45, 2.75) is 20.8 Å². The van der Waals surface area contributed by atoms with E-state index in [1.807, 2.05) is 50.3 Å². The molecule has 0 bridgehead atoms. The molecule has 0 aliphatic heterocycles. The smallest absolute Gasteiger partial charge is 0.341 e. The van der Waals surface area contributed by atoms with Gasteiger partial charge < -0.3 is 19.0 Å². The van der Waals surface area contributed by atoms with E-state index in [2.05, 4.69) is 30.9 Å². The first-order valence-corrected chi connectivity index (χ1v) is 11.6. The summed E-state index contributed by atoms with van der Waals surface area (Å²) in [7, 11) is 0. The van der Waals surface area contributed by atoms with Crippen LogP contribution in [0.5, 0.6) is 11.5 Å². The number of carboxylic acid groups (broad SMARTS) is 1. The fraction of sp³-hybridized carbons (Fsp3) is 0.179. The van der Waals surface area contributed by atoms with Crippen LogP contribution in [0.15, 0.2) is 65.1 Å². The zero-order valence-corrected chi connectivity index (χ0v) is 20.0. The molecule has 1 N–H and O–H groups in total. The van der Waals surface area contributed by atoms with Crippen molar-refractivity contribution in [1.29, 1.82) is 0 Å². The lowest BCUT2D eigenvalue weighted by molar-refractivity contribution is -0.139. The van der Waals surface area contributed by atoms with Crippen molar-refractivity contribution in [3.8, 4) is 23.3 Å². The first-order chi connectivity index (χ1) is 16.4. The van der Waals surface area contributed by atoms with Crippen LogP contribution >= 0.6 is 11.3 Å². The van der Waals surface area contributed by atoms with Gasteiger partial charge in [0.2, 0.25) is 0 Å². The van der Waals surface area contributed by atoms with Crippen LogP contribution in [0.3, 0.4) is 0 Å². The third-order valence-electron chi connectivity index (χ3n) is 5.05. The number of aliphatic carboxylic acids is 1. The number of aryl methyl sites for hydroxylation is 3. The molecule has 172 valence electrons. The highest BCUT2D eigenvalue weighted by Gasteiger charge is 2.07. The van der Waals surface area contributed by atoms with Crippen LogP contribution in [0.4, 0.5) is 0 Å². The third kappa shape index (κ3) is 5.89. The Hall–Kier alpha value is -3.95. The minimum atomic E-state index is -1.01. The van der Waals surface area contributed by atoms with Crippen LogP contribution in [0.2, 0.25) is 0 Å². The maximum absolute atomic E-state index is 10.7. The molecule has 0 unspecified atom stereocenters. The number of thiophene rings is 1. The summed E-state index contributed by atoms with van der Waals surface area (Å²) in [4.78, 5) is 13.0. The minimum Gasteiger partial charge on any atom is -0.489 e. The predicted octanol–water partition coefficient (Wildman–Crippen LogP) is 6.40. The van der Waals surface area contributed by atoms with Crippen LogP contribution in [0, 0.1) is 32.6 Å². The molecule has 0 saturated carbocycles. The van der Waals surface area contributed by atoms with Crippen molar-refractivity contribution in [3.05, 3.63) is 87.3 Å². The van der Waals surface area contributed by atoms with Crippen LogP contribution in [0.25, 0.3) is 16.5 Å². The molecule has 0 atom stereocenters. The molecular weight excluding hydrogens is 448 g/mol. The number of allylic oxidation sites excluding steroid dienone is 1. The maximum atomic E-state index is 10.7. The Morgan fingerprint density at radius 3 is 2.65 bits per heavy atom. The molecule has 2 aromatic carbocycles. The van der Waals surface area contributed by atoms with Crippen LogP contribution in [-0.2, 0) is 4.79 Å². The molecule has 5 nitrogen and oxygen atoms in total. The van der Waals surface area contributed by atoms with Gasteiger partial charge in [0.1, 0.15) is 29.4 Å². The van der Waals surface area contributed by atoms with Crippen molar-refractivity contribution in [2.24, 2.45) is 0 Å². The molecule has 0 spiro atoms. The van der Waals surface area contributed by atoms with Crippen LogP contribution < -0.4 is 9.47 Å². The van der Waals surface area contributed by atoms with E-state index >= 15 is 0 Å². The first-order valence-electron chi connectivity index (χ1n) is 10.7. The van der Waals surface area contributed by atoms with E-state index in [0.717, 1.165) is 38.3 Å². The van der Waals surface area contributed by atoms with Gasteiger partial charge in [0.05, 0.1) is 4.88 Å². The van der Waals surface area contributed by atoms with Gasteiger partial charge in [0.15, 0.2) is 6.61 Å². The van der Waals surface area contributed by atoms with Crippen molar-refractivity contribution < 1.29 is 23.8 Å². The highest BCUT2D eigenvalue weighted by atomic mass is 32.1. The standard InChI is InChI=1S/C28H24O5S/c1-18-14-24(7-11-26(18)32-17-28(29)30)31-13-12-21(5-9-25-8-4-20(3)34-25)22-6-10-27-23(16-22)15-19(2)33-27/h4,6-8,10-12,14-16H,13,17H2,1-3H3,(H,29,30). The Morgan fingerprint density at radius 2 is 1.91 bits per heavy atom. The van der Waals surface area contributed by atoms with Gasteiger partial charge >= 0.3 is 5.97 Å². The minimum absolute atomic E-state index is 0.324. The van der Waals surface area contributed by atoms with E-state index < -0.39 is 5.97 Å². The number of benzene rings is 2. The summed E-state index contributed by atoms with van der Waals surface area (Å²) in [5.74, 6) is 7.61. The lowest BCUT2D eigenvalue weighted by Gasteiger charge is -2.10. The van der Waals surface area contributed by atoms with Crippen molar-refractivity contribution in [2.75, 3.05) is 13.2 Å². The number of fused-ring (bicyclic) bond motifs is 1. The number of carboxylic acids is 1. The van der Waals surface area contributed by atoms with Gasteiger partial charge in [-0.25, -0.2) is 4.79 Å². The number of hydrogen-bond donors (Lipinski definition) is 1. The number of furan rings is 1. The van der Waals surface area contributed by atoms with Gasteiger partial charge in [0.25, 0.3) is 0 Å². The Kier molecular flexibility index (Phi) is 7.05. The second-order valence-corrected chi connectivity index (χ2v) is 9.10. The summed E-state index contributed by atoms with van der Waals surface area (Å²) < 4.78 is 16.9. The molecule has 6 heteroatoms. The van der Waals surface area contributed by atoms with Gasteiger partial charge in [0, 0.05) is 15.8 Å². The summed E-state index contributed by atoms with van der Waals surface area (Å²) in [6.45, 7) is 5.79. The van der Waals surface area contributed by atoms with E-state index in [1.54, 1.807) is 23.5 Å². The molecule has 0 aliphatic rings. The topological polar surface area (TPSA) is 68.9 Å². The molecule has 0 aliphatic carbocycles. The molecule has 4 aromatic rings.